The topological polar surface area (TPSA) is 61.5 Å². The molecule has 0 aliphatic carbocycles. The Balaban J connectivity index is 0.00000198. The van der Waals surface area contributed by atoms with E-state index in [1.807, 2.05) is 39.0 Å². The molecule has 0 radical (unpaired) electrons. The summed E-state index contributed by atoms with van der Waals surface area (Å²) >= 11 is 0. The third-order valence-corrected chi connectivity index (χ3v) is 7.57. The zero-order valence-corrected chi connectivity index (χ0v) is 25.3. The van der Waals surface area contributed by atoms with Gasteiger partial charge in [0.15, 0.2) is 0 Å². The van der Waals surface area contributed by atoms with Crippen LogP contribution >= 0.6 is 0 Å². The van der Waals surface area contributed by atoms with Gasteiger partial charge < -0.3 is 14.6 Å². The third kappa shape index (κ3) is 6.97. The highest BCUT2D eigenvalue weighted by Gasteiger charge is 2.24. The molecule has 0 saturated carbocycles. The van der Waals surface area contributed by atoms with Gasteiger partial charge in [-0.3, -0.25) is 9.88 Å². The molecule has 0 atom stereocenters. The van der Waals surface area contributed by atoms with E-state index in [0.717, 1.165) is 49.4 Å². The van der Waals surface area contributed by atoms with Gasteiger partial charge in [0.25, 0.3) is 0 Å². The SMILES string of the molecule is C/C=C(/CN1CCc2c([nH]c3ccccc23)C1)N(CCc1ccc(F)cc1)/C(=C/C)c1cc(C(=O)OC)ccn1.CC. The van der Waals surface area contributed by atoms with Crippen LogP contribution in [-0.2, 0) is 24.1 Å². The van der Waals surface area contributed by atoms with Crippen molar-refractivity contribution in [2.45, 2.75) is 47.1 Å². The average Bonchev–Trinajstić information content (AvgIpc) is 3.41. The zero-order valence-electron chi connectivity index (χ0n) is 25.3. The van der Waals surface area contributed by atoms with Crippen molar-refractivity contribution in [1.29, 1.82) is 0 Å². The number of rotatable bonds is 9. The van der Waals surface area contributed by atoms with Crippen LogP contribution in [0.15, 0.2) is 84.7 Å². The molecule has 6 nitrogen and oxygen atoms in total. The molecule has 42 heavy (non-hydrogen) atoms. The van der Waals surface area contributed by atoms with E-state index >= 15 is 0 Å². The minimum absolute atomic E-state index is 0.242. The highest BCUT2D eigenvalue weighted by atomic mass is 19.1. The van der Waals surface area contributed by atoms with E-state index in [4.69, 9.17) is 4.74 Å². The monoisotopic (exact) mass is 568 g/mol. The van der Waals surface area contributed by atoms with Crippen molar-refractivity contribution in [3.8, 4) is 0 Å². The molecule has 0 saturated heterocycles. The van der Waals surface area contributed by atoms with Crippen LogP contribution in [0.25, 0.3) is 16.6 Å². The predicted molar refractivity (Wildman–Crippen MR) is 168 cm³/mol. The van der Waals surface area contributed by atoms with Crippen LogP contribution in [0.1, 0.15) is 60.6 Å². The Morgan fingerprint density at radius 1 is 1.10 bits per heavy atom. The normalized spacial score (nSPS) is 13.8. The predicted octanol–water partition coefficient (Wildman–Crippen LogP) is 7.38. The summed E-state index contributed by atoms with van der Waals surface area (Å²) in [5, 5.41) is 1.32. The van der Waals surface area contributed by atoms with Gasteiger partial charge in [-0.2, -0.15) is 0 Å². The molecule has 0 bridgehead atoms. The second-order valence-corrected chi connectivity index (χ2v) is 9.99. The van der Waals surface area contributed by atoms with E-state index in [-0.39, 0.29) is 5.82 Å². The first-order chi connectivity index (χ1) is 20.5. The number of carbonyl (C=O) groups excluding carboxylic acids is 1. The van der Waals surface area contributed by atoms with Crippen molar-refractivity contribution in [2.24, 2.45) is 0 Å². The van der Waals surface area contributed by atoms with Gasteiger partial charge in [0, 0.05) is 54.7 Å². The Morgan fingerprint density at radius 3 is 2.57 bits per heavy atom. The van der Waals surface area contributed by atoms with Crippen LogP contribution in [-0.4, -0.2) is 52.5 Å². The molecule has 2 aromatic carbocycles. The standard InChI is InChI=1S/C33H35FN4O2.C2H6/c1-4-26(21-37-18-16-28-27-8-6-7-9-29(27)36-31(28)22-37)38(19-15-23-10-12-25(34)13-11-23)32(5-2)30-20-24(14-17-35-30)33(39)40-3;1-2/h4-14,17,20,36H,15-16,18-19,21-22H2,1-3H3;1-2H3/b26-4-,32-5+;. The van der Waals surface area contributed by atoms with E-state index in [9.17, 15) is 9.18 Å². The minimum atomic E-state index is -0.398. The van der Waals surface area contributed by atoms with Crippen LogP contribution in [0, 0.1) is 5.82 Å². The molecule has 3 heterocycles. The summed E-state index contributed by atoms with van der Waals surface area (Å²) in [5.41, 5.74) is 8.13. The Bertz CT molecular complexity index is 1560. The Kier molecular flexibility index (Phi) is 10.7. The number of ether oxygens (including phenoxy) is 1. The summed E-state index contributed by atoms with van der Waals surface area (Å²) in [4.78, 5) is 25.2. The number of benzene rings is 2. The Morgan fingerprint density at radius 2 is 1.86 bits per heavy atom. The van der Waals surface area contributed by atoms with Gasteiger partial charge >= 0.3 is 5.97 Å². The van der Waals surface area contributed by atoms with Crippen molar-refractivity contribution in [1.82, 2.24) is 19.8 Å². The van der Waals surface area contributed by atoms with E-state index in [1.54, 1.807) is 18.3 Å². The summed E-state index contributed by atoms with van der Waals surface area (Å²) in [6.45, 7) is 11.3. The molecule has 4 aromatic rings. The highest BCUT2D eigenvalue weighted by Crippen LogP contribution is 2.30. The fraction of sp³-hybridized carbons (Fsp3) is 0.314. The minimum Gasteiger partial charge on any atom is -0.465 e. The molecular weight excluding hydrogens is 527 g/mol. The van der Waals surface area contributed by atoms with Crippen LogP contribution in [0.5, 0.6) is 0 Å². The number of fused-ring (bicyclic) bond motifs is 3. The molecular formula is C35H41FN4O2. The fourth-order valence-electron chi connectivity index (χ4n) is 5.51. The average molecular weight is 569 g/mol. The van der Waals surface area contributed by atoms with Crippen molar-refractivity contribution in [3.63, 3.8) is 0 Å². The molecule has 1 aliphatic heterocycles. The fourth-order valence-corrected chi connectivity index (χ4v) is 5.51. The number of methoxy groups -OCH3 is 1. The lowest BCUT2D eigenvalue weighted by Gasteiger charge is -2.34. The van der Waals surface area contributed by atoms with Crippen LogP contribution in [0.3, 0.4) is 0 Å². The molecule has 7 heteroatoms. The summed E-state index contributed by atoms with van der Waals surface area (Å²) in [7, 11) is 1.38. The molecule has 0 spiro atoms. The first kappa shape index (κ1) is 30.7. The Hall–Kier alpha value is -4.23. The number of aromatic amines is 1. The molecule has 220 valence electrons. The highest BCUT2D eigenvalue weighted by molar-refractivity contribution is 5.90. The van der Waals surface area contributed by atoms with Crippen LogP contribution in [0.4, 0.5) is 4.39 Å². The summed E-state index contributed by atoms with van der Waals surface area (Å²) in [5.74, 6) is -0.639. The van der Waals surface area contributed by atoms with Gasteiger partial charge in [0.05, 0.1) is 24.1 Å². The Labute approximate surface area is 248 Å². The molecule has 1 N–H and O–H groups in total. The first-order valence-electron chi connectivity index (χ1n) is 14.7. The number of para-hydroxylation sites is 1. The second kappa shape index (κ2) is 14.6. The van der Waals surface area contributed by atoms with Gasteiger partial charge in [-0.25, -0.2) is 9.18 Å². The molecule has 1 aliphatic rings. The molecule has 0 fully saturated rings. The quantitative estimate of drug-likeness (QED) is 0.214. The summed E-state index contributed by atoms with van der Waals surface area (Å²) in [6, 6.07) is 18.6. The lowest BCUT2D eigenvalue weighted by molar-refractivity contribution is 0.0600. The van der Waals surface area contributed by atoms with Gasteiger partial charge in [-0.1, -0.05) is 56.3 Å². The number of hydrogen-bond donors (Lipinski definition) is 1. The molecule has 0 unspecified atom stereocenters. The zero-order chi connectivity index (χ0) is 30.1. The van der Waals surface area contributed by atoms with Gasteiger partial charge in [0.2, 0.25) is 0 Å². The number of allylic oxidation sites excluding steroid dienone is 2. The van der Waals surface area contributed by atoms with Gasteiger partial charge in [-0.15, -0.1) is 0 Å². The van der Waals surface area contributed by atoms with Crippen molar-refractivity contribution >= 4 is 22.6 Å². The lowest BCUT2D eigenvalue weighted by atomic mass is 10.0. The summed E-state index contributed by atoms with van der Waals surface area (Å²) < 4.78 is 18.5. The number of esters is 1. The molecule has 0 amide bonds. The van der Waals surface area contributed by atoms with Crippen molar-refractivity contribution in [3.05, 3.63) is 119 Å². The van der Waals surface area contributed by atoms with Gasteiger partial charge in [0.1, 0.15) is 5.82 Å². The third-order valence-electron chi connectivity index (χ3n) is 7.57. The number of nitrogens with zero attached hydrogens (tertiary/aromatic N) is 3. The molecule has 5 rings (SSSR count). The first-order valence-corrected chi connectivity index (χ1v) is 14.7. The number of nitrogens with one attached hydrogen (secondary N) is 1. The van der Waals surface area contributed by atoms with E-state index in [1.165, 1.54) is 41.4 Å². The van der Waals surface area contributed by atoms with E-state index in [0.29, 0.717) is 17.8 Å². The maximum absolute atomic E-state index is 13.6. The number of carbonyl (C=O) groups is 1. The maximum atomic E-state index is 13.6. The van der Waals surface area contributed by atoms with Gasteiger partial charge in [-0.05, 0) is 68.1 Å². The maximum Gasteiger partial charge on any atom is 0.337 e. The van der Waals surface area contributed by atoms with Crippen LogP contribution < -0.4 is 0 Å². The summed E-state index contributed by atoms with van der Waals surface area (Å²) in [6.07, 6.45) is 7.53. The van der Waals surface area contributed by atoms with Crippen LogP contribution in [0.2, 0.25) is 0 Å². The van der Waals surface area contributed by atoms with E-state index < -0.39 is 5.97 Å². The second-order valence-electron chi connectivity index (χ2n) is 9.99. The van der Waals surface area contributed by atoms with Crippen molar-refractivity contribution < 1.29 is 13.9 Å². The number of hydrogen-bond acceptors (Lipinski definition) is 5. The number of halogens is 1. The lowest BCUT2D eigenvalue weighted by Crippen LogP contribution is -2.37. The smallest absolute Gasteiger partial charge is 0.337 e. The molecule has 2 aromatic heterocycles. The van der Waals surface area contributed by atoms with E-state index in [2.05, 4.69) is 57.0 Å². The number of aromatic nitrogens is 2. The number of pyridine rings is 1. The van der Waals surface area contributed by atoms with Crippen molar-refractivity contribution in [2.75, 3.05) is 26.7 Å². The number of H-pyrrole nitrogens is 1. The largest absolute Gasteiger partial charge is 0.465 e.